The van der Waals surface area contributed by atoms with Gasteiger partial charge in [0, 0.05) is 18.8 Å². The average molecular weight is 248 g/mol. The summed E-state index contributed by atoms with van der Waals surface area (Å²) in [7, 11) is 1.99. The van der Waals surface area contributed by atoms with Crippen molar-refractivity contribution in [2.24, 2.45) is 0 Å². The summed E-state index contributed by atoms with van der Waals surface area (Å²) in [5.41, 5.74) is 4.01. The topological polar surface area (TPSA) is 24.5 Å². The number of hydrogen-bond donors (Lipinski definition) is 1. The van der Waals surface area contributed by atoms with Crippen molar-refractivity contribution in [3.8, 4) is 0 Å². The van der Waals surface area contributed by atoms with Gasteiger partial charge in [0.15, 0.2) is 0 Å². The van der Waals surface area contributed by atoms with Gasteiger partial charge in [-0.05, 0) is 57.1 Å². The van der Waals surface area contributed by atoms with Crippen LogP contribution in [0, 0.1) is 13.8 Å². The van der Waals surface area contributed by atoms with Gasteiger partial charge >= 0.3 is 0 Å². The zero-order chi connectivity index (χ0) is 13.0. The zero-order valence-corrected chi connectivity index (χ0v) is 11.7. The van der Waals surface area contributed by atoms with E-state index in [1.807, 2.05) is 7.05 Å². The third-order valence-electron chi connectivity index (χ3n) is 3.43. The summed E-state index contributed by atoms with van der Waals surface area (Å²) in [4.78, 5) is 2.45. The number of benzene rings is 1. The predicted molar refractivity (Wildman–Crippen MR) is 76.4 cm³/mol. The van der Waals surface area contributed by atoms with Crippen LogP contribution in [0.25, 0.3) is 0 Å². The molecule has 1 saturated heterocycles. The van der Waals surface area contributed by atoms with E-state index in [2.05, 4.69) is 42.3 Å². The van der Waals surface area contributed by atoms with Gasteiger partial charge < -0.3 is 15.0 Å². The molecule has 0 spiro atoms. The second-order valence-corrected chi connectivity index (χ2v) is 5.18. The molecule has 0 aliphatic carbocycles. The fourth-order valence-corrected chi connectivity index (χ4v) is 2.57. The summed E-state index contributed by atoms with van der Waals surface area (Å²) in [5, 5.41) is 3.19. The molecule has 1 N–H and O–H groups in total. The molecule has 1 aliphatic heterocycles. The van der Waals surface area contributed by atoms with Crippen molar-refractivity contribution in [3.63, 3.8) is 0 Å². The van der Waals surface area contributed by atoms with Crippen molar-refractivity contribution in [1.29, 1.82) is 0 Å². The highest BCUT2D eigenvalue weighted by molar-refractivity contribution is 5.51. The minimum atomic E-state index is 0.354. The van der Waals surface area contributed by atoms with Gasteiger partial charge in [-0.1, -0.05) is 6.07 Å². The van der Waals surface area contributed by atoms with Crippen LogP contribution in [0.4, 0.5) is 5.69 Å². The summed E-state index contributed by atoms with van der Waals surface area (Å²) in [6.45, 7) is 8.18. The minimum Gasteiger partial charge on any atom is -0.374 e. The van der Waals surface area contributed by atoms with Crippen molar-refractivity contribution >= 4 is 5.69 Å². The SMILES string of the molecule is CNCCC1CN(c2cc(C)cc(C)c2)CCO1. The molecule has 1 aliphatic rings. The van der Waals surface area contributed by atoms with E-state index >= 15 is 0 Å². The molecule has 100 valence electrons. The fourth-order valence-electron chi connectivity index (χ4n) is 2.57. The van der Waals surface area contributed by atoms with Gasteiger partial charge in [0.05, 0.1) is 12.7 Å². The molecule has 1 aromatic rings. The van der Waals surface area contributed by atoms with Crippen molar-refractivity contribution in [3.05, 3.63) is 29.3 Å². The first-order valence-electron chi connectivity index (χ1n) is 6.78. The first-order chi connectivity index (χ1) is 8.69. The van der Waals surface area contributed by atoms with Crippen molar-refractivity contribution in [2.75, 3.05) is 38.2 Å². The highest BCUT2D eigenvalue weighted by Gasteiger charge is 2.20. The number of ether oxygens (including phenoxy) is 1. The van der Waals surface area contributed by atoms with E-state index in [4.69, 9.17) is 4.74 Å². The molecule has 0 aromatic heterocycles. The molecule has 1 fully saturated rings. The lowest BCUT2D eigenvalue weighted by Crippen LogP contribution is -2.43. The van der Waals surface area contributed by atoms with E-state index in [-0.39, 0.29) is 0 Å². The summed E-state index contributed by atoms with van der Waals surface area (Å²) in [5.74, 6) is 0. The maximum Gasteiger partial charge on any atom is 0.0762 e. The van der Waals surface area contributed by atoms with Crippen LogP contribution in [-0.2, 0) is 4.74 Å². The maximum absolute atomic E-state index is 5.81. The van der Waals surface area contributed by atoms with Crippen LogP contribution in [0.5, 0.6) is 0 Å². The molecule has 2 rings (SSSR count). The van der Waals surface area contributed by atoms with Gasteiger partial charge in [-0.2, -0.15) is 0 Å². The second kappa shape index (κ2) is 6.21. The van der Waals surface area contributed by atoms with E-state index < -0.39 is 0 Å². The largest absolute Gasteiger partial charge is 0.374 e. The van der Waals surface area contributed by atoms with Crippen LogP contribution in [0.2, 0.25) is 0 Å². The summed E-state index contributed by atoms with van der Waals surface area (Å²) >= 11 is 0. The summed E-state index contributed by atoms with van der Waals surface area (Å²) in [6.07, 6.45) is 1.43. The van der Waals surface area contributed by atoms with Crippen molar-refractivity contribution in [2.45, 2.75) is 26.4 Å². The Balaban J connectivity index is 2.03. The molecular weight excluding hydrogens is 224 g/mol. The lowest BCUT2D eigenvalue weighted by Gasteiger charge is -2.35. The quantitative estimate of drug-likeness (QED) is 0.883. The molecule has 1 aromatic carbocycles. The van der Waals surface area contributed by atoms with E-state index in [1.54, 1.807) is 0 Å². The average Bonchev–Trinajstić information content (AvgIpc) is 2.35. The highest BCUT2D eigenvalue weighted by Crippen LogP contribution is 2.21. The highest BCUT2D eigenvalue weighted by atomic mass is 16.5. The molecule has 0 saturated carbocycles. The van der Waals surface area contributed by atoms with Crippen LogP contribution in [0.3, 0.4) is 0 Å². The van der Waals surface area contributed by atoms with Crippen LogP contribution in [0.1, 0.15) is 17.5 Å². The van der Waals surface area contributed by atoms with Gasteiger partial charge in [-0.15, -0.1) is 0 Å². The number of nitrogens with zero attached hydrogens (tertiary/aromatic N) is 1. The second-order valence-electron chi connectivity index (χ2n) is 5.18. The maximum atomic E-state index is 5.81. The first kappa shape index (κ1) is 13.4. The number of anilines is 1. The van der Waals surface area contributed by atoms with Crippen molar-refractivity contribution < 1.29 is 4.74 Å². The first-order valence-corrected chi connectivity index (χ1v) is 6.78. The smallest absolute Gasteiger partial charge is 0.0762 e. The predicted octanol–water partition coefficient (Wildman–Crippen LogP) is 2.12. The Morgan fingerprint density at radius 3 is 2.67 bits per heavy atom. The lowest BCUT2D eigenvalue weighted by molar-refractivity contribution is 0.0358. The molecule has 1 heterocycles. The number of nitrogens with one attached hydrogen (secondary N) is 1. The Kier molecular flexibility index (Phi) is 4.61. The molecule has 0 amide bonds. The molecular formula is C15H24N2O. The standard InChI is InChI=1S/C15H24N2O/c1-12-8-13(2)10-14(9-12)17-6-7-18-15(11-17)4-5-16-3/h8-10,15-16H,4-7,11H2,1-3H3. The number of aryl methyl sites for hydroxylation is 2. The molecule has 3 heteroatoms. The van der Waals surface area contributed by atoms with Crippen molar-refractivity contribution in [1.82, 2.24) is 5.32 Å². The van der Waals surface area contributed by atoms with Crippen LogP contribution >= 0.6 is 0 Å². The van der Waals surface area contributed by atoms with Gasteiger partial charge in [0.25, 0.3) is 0 Å². The fraction of sp³-hybridized carbons (Fsp3) is 0.600. The number of hydrogen-bond acceptors (Lipinski definition) is 3. The third kappa shape index (κ3) is 3.47. The molecule has 18 heavy (non-hydrogen) atoms. The van der Waals surface area contributed by atoms with Crippen LogP contribution < -0.4 is 10.2 Å². The third-order valence-corrected chi connectivity index (χ3v) is 3.43. The number of rotatable bonds is 4. The monoisotopic (exact) mass is 248 g/mol. The number of morpholine rings is 1. The van der Waals surface area contributed by atoms with E-state index in [1.165, 1.54) is 16.8 Å². The Morgan fingerprint density at radius 1 is 1.28 bits per heavy atom. The van der Waals surface area contributed by atoms with Gasteiger partial charge in [-0.25, -0.2) is 0 Å². The normalized spacial score (nSPS) is 20.2. The Morgan fingerprint density at radius 2 is 2.00 bits per heavy atom. The van der Waals surface area contributed by atoms with E-state index in [0.29, 0.717) is 6.10 Å². The molecule has 1 atom stereocenters. The zero-order valence-electron chi connectivity index (χ0n) is 11.7. The van der Waals surface area contributed by atoms with Gasteiger partial charge in [0.2, 0.25) is 0 Å². The lowest BCUT2D eigenvalue weighted by atomic mass is 10.1. The molecule has 0 radical (unpaired) electrons. The summed E-state index contributed by atoms with van der Waals surface area (Å²) in [6, 6.07) is 6.77. The molecule has 1 unspecified atom stereocenters. The summed E-state index contributed by atoms with van der Waals surface area (Å²) < 4.78 is 5.81. The van der Waals surface area contributed by atoms with Gasteiger partial charge in [-0.3, -0.25) is 0 Å². The Hall–Kier alpha value is -1.06. The Labute approximate surface area is 110 Å². The van der Waals surface area contributed by atoms with E-state index in [9.17, 15) is 0 Å². The van der Waals surface area contributed by atoms with E-state index in [0.717, 1.165) is 32.7 Å². The molecule has 3 nitrogen and oxygen atoms in total. The van der Waals surface area contributed by atoms with Gasteiger partial charge in [0.1, 0.15) is 0 Å². The van der Waals surface area contributed by atoms with Crippen LogP contribution in [0.15, 0.2) is 18.2 Å². The van der Waals surface area contributed by atoms with Crippen LogP contribution in [-0.4, -0.2) is 39.4 Å². The minimum absolute atomic E-state index is 0.354. The Bertz CT molecular complexity index is 372. The molecule has 0 bridgehead atoms.